The van der Waals surface area contributed by atoms with Crippen LogP contribution in [0, 0.1) is 0 Å². The largest absolute Gasteiger partial charge is 0.460 e. The fraction of sp³-hybridized carbons (Fsp3) is 0.455. The molecule has 0 spiro atoms. The highest BCUT2D eigenvalue weighted by molar-refractivity contribution is 6.40. The molecular formula is C11H13NO3. The smallest absolute Gasteiger partial charge is 0.381 e. The minimum absolute atomic E-state index is 0.227. The maximum Gasteiger partial charge on any atom is 0.381 e. The molecule has 1 aliphatic carbocycles. The summed E-state index contributed by atoms with van der Waals surface area (Å²) in [6.45, 7) is 1.91. The van der Waals surface area contributed by atoms with Gasteiger partial charge in [-0.25, -0.2) is 4.79 Å². The molecule has 1 aliphatic rings. The molecule has 1 N–H and O–H groups in total. The van der Waals surface area contributed by atoms with Gasteiger partial charge in [-0.2, -0.15) is 0 Å². The van der Waals surface area contributed by atoms with Crippen molar-refractivity contribution in [1.82, 2.24) is 4.98 Å². The standard InChI is InChI=1S/C11H13NO3/c1-2-15-11(14)10(13)9-6-7-4-3-5-8(7)12-9/h6,12H,2-5H2,1H3. The summed E-state index contributed by atoms with van der Waals surface area (Å²) in [5.74, 6) is -1.36. The van der Waals surface area contributed by atoms with Crippen molar-refractivity contribution in [2.45, 2.75) is 26.2 Å². The number of hydrogen-bond acceptors (Lipinski definition) is 3. The van der Waals surface area contributed by atoms with Gasteiger partial charge in [0.25, 0.3) is 5.78 Å². The van der Waals surface area contributed by atoms with Gasteiger partial charge >= 0.3 is 5.97 Å². The van der Waals surface area contributed by atoms with Crippen LogP contribution in [-0.2, 0) is 22.4 Å². The fourth-order valence-corrected chi connectivity index (χ4v) is 1.87. The second-order valence-electron chi connectivity index (χ2n) is 3.59. The predicted octanol–water partition coefficient (Wildman–Crippen LogP) is 1.25. The van der Waals surface area contributed by atoms with Gasteiger partial charge in [0.2, 0.25) is 0 Å². The molecule has 15 heavy (non-hydrogen) atoms. The molecule has 0 aliphatic heterocycles. The zero-order chi connectivity index (χ0) is 10.8. The van der Waals surface area contributed by atoms with Crippen molar-refractivity contribution in [2.24, 2.45) is 0 Å². The van der Waals surface area contributed by atoms with Crippen LogP contribution in [0.1, 0.15) is 35.1 Å². The third-order valence-corrected chi connectivity index (χ3v) is 2.57. The molecule has 4 heteroatoms. The van der Waals surface area contributed by atoms with E-state index in [1.165, 1.54) is 0 Å². The Hall–Kier alpha value is -1.58. The van der Waals surface area contributed by atoms with E-state index < -0.39 is 11.8 Å². The molecule has 0 amide bonds. The Balaban J connectivity index is 2.16. The summed E-state index contributed by atoms with van der Waals surface area (Å²) < 4.78 is 4.65. The summed E-state index contributed by atoms with van der Waals surface area (Å²) in [4.78, 5) is 25.7. The van der Waals surface area contributed by atoms with Gasteiger partial charge in [0.05, 0.1) is 12.3 Å². The van der Waals surface area contributed by atoms with Gasteiger partial charge in [-0.3, -0.25) is 4.79 Å². The molecule has 80 valence electrons. The number of aromatic nitrogens is 1. The van der Waals surface area contributed by atoms with E-state index in [9.17, 15) is 9.59 Å². The van der Waals surface area contributed by atoms with E-state index in [1.54, 1.807) is 13.0 Å². The van der Waals surface area contributed by atoms with Crippen LogP contribution in [0.4, 0.5) is 0 Å². The molecule has 0 saturated heterocycles. The quantitative estimate of drug-likeness (QED) is 0.461. The van der Waals surface area contributed by atoms with E-state index in [0.717, 1.165) is 30.5 Å². The lowest BCUT2D eigenvalue weighted by Gasteiger charge is -1.98. The van der Waals surface area contributed by atoms with E-state index in [1.807, 2.05) is 0 Å². The van der Waals surface area contributed by atoms with Gasteiger partial charge < -0.3 is 9.72 Å². The number of carbonyl (C=O) groups is 2. The van der Waals surface area contributed by atoms with Crippen LogP contribution in [-0.4, -0.2) is 23.3 Å². The minimum Gasteiger partial charge on any atom is -0.460 e. The normalized spacial score (nSPS) is 13.7. The first-order valence-electron chi connectivity index (χ1n) is 5.14. The van der Waals surface area contributed by atoms with Crippen LogP contribution in [0.25, 0.3) is 0 Å². The number of H-pyrrole nitrogens is 1. The summed E-state index contributed by atoms with van der Waals surface area (Å²) in [7, 11) is 0. The second kappa shape index (κ2) is 3.88. The molecule has 0 fully saturated rings. The summed E-state index contributed by atoms with van der Waals surface area (Å²) >= 11 is 0. The van der Waals surface area contributed by atoms with Crippen molar-refractivity contribution in [2.75, 3.05) is 6.61 Å². The molecule has 1 heterocycles. The van der Waals surface area contributed by atoms with Crippen LogP contribution in [0.5, 0.6) is 0 Å². The van der Waals surface area contributed by atoms with Crippen LogP contribution in [0.2, 0.25) is 0 Å². The van der Waals surface area contributed by atoms with E-state index in [-0.39, 0.29) is 6.61 Å². The van der Waals surface area contributed by atoms with Gasteiger partial charge in [-0.1, -0.05) is 0 Å². The van der Waals surface area contributed by atoms with Crippen molar-refractivity contribution in [1.29, 1.82) is 0 Å². The second-order valence-corrected chi connectivity index (χ2v) is 3.59. The van der Waals surface area contributed by atoms with E-state index in [2.05, 4.69) is 9.72 Å². The summed E-state index contributed by atoms with van der Waals surface area (Å²) in [5, 5.41) is 0. The lowest BCUT2D eigenvalue weighted by atomic mass is 10.2. The third-order valence-electron chi connectivity index (χ3n) is 2.57. The molecular weight excluding hydrogens is 194 g/mol. The number of esters is 1. The number of fused-ring (bicyclic) bond motifs is 1. The number of ketones is 1. The van der Waals surface area contributed by atoms with Gasteiger partial charge in [0, 0.05) is 5.69 Å². The third kappa shape index (κ3) is 1.79. The Morgan fingerprint density at radius 2 is 2.27 bits per heavy atom. The highest BCUT2D eigenvalue weighted by Gasteiger charge is 2.22. The van der Waals surface area contributed by atoms with Crippen molar-refractivity contribution in [3.8, 4) is 0 Å². The van der Waals surface area contributed by atoms with Gasteiger partial charge in [0.1, 0.15) is 0 Å². The van der Waals surface area contributed by atoms with Gasteiger partial charge in [-0.15, -0.1) is 0 Å². The Morgan fingerprint density at radius 1 is 1.47 bits per heavy atom. The Kier molecular flexibility index (Phi) is 2.58. The zero-order valence-corrected chi connectivity index (χ0v) is 8.63. The average Bonchev–Trinajstić information content (AvgIpc) is 2.75. The molecule has 0 atom stereocenters. The average molecular weight is 207 g/mol. The fourth-order valence-electron chi connectivity index (χ4n) is 1.87. The monoisotopic (exact) mass is 207 g/mol. The summed E-state index contributed by atoms with van der Waals surface area (Å²) in [5.41, 5.74) is 2.60. The van der Waals surface area contributed by atoms with E-state index in [0.29, 0.717) is 5.69 Å². The Morgan fingerprint density at radius 3 is 2.93 bits per heavy atom. The zero-order valence-electron chi connectivity index (χ0n) is 8.63. The first-order chi connectivity index (χ1) is 7.22. The van der Waals surface area contributed by atoms with Crippen molar-refractivity contribution in [3.63, 3.8) is 0 Å². The molecule has 2 rings (SSSR count). The van der Waals surface area contributed by atoms with Crippen molar-refractivity contribution >= 4 is 11.8 Å². The molecule has 1 aromatic heterocycles. The van der Waals surface area contributed by atoms with Crippen LogP contribution in [0.15, 0.2) is 6.07 Å². The topological polar surface area (TPSA) is 59.2 Å². The van der Waals surface area contributed by atoms with Crippen molar-refractivity contribution < 1.29 is 14.3 Å². The first kappa shape index (κ1) is 9.96. The molecule has 0 saturated carbocycles. The number of ether oxygens (including phenoxy) is 1. The molecule has 0 bridgehead atoms. The van der Waals surface area contributed by atoms with Crippen LogP contribution >= 0.6 is 0 Å². The highest BCUT2D eigenvalue weighted by atomic mass is 16.5. The molecule has 0 unspecified atom stereocenters. The number of aryl methyl sites for hydroxylation is 2. The highest BCUT2D eigenvalue weighted by Crippen LogP contribution is 2.22. The predicted molar refractivity (Wildman–Crippen MR) is 53.8 cm³/mol. The summed E-state index contributed by atoms with van der Waals surface area (Å²) in [6, 6.07) is 1.77. The SMILES string of the molecule is CCOC(=O)C(=O)c1cc2c([nH]1)CCC2. The van der Waals surface area contributed by atoms with Crippen LogP contribution < -0.4 is 0 Å². The lowest BCUT2D eigenvalue weighted by Crippen LogP contribution is -2.17. The maximum atomic E-state index is 11.5. The Bertz CT molecular complexity index is 384. The van der Waals surface area contributed by atoms with E-state index in [4.69, 9.17) is 0 Å². The summed E-state index contributed by atoms with van der Waals surface area (Å²) in [6.07, 6.45) is 3.07. The Labute approximate surface area is 87.6 Å². The number of hydrogen-bond donors (Lipinski definition) is 1. The number of Topliss-reactive ketones (excluding diaryl/α,β-unsaturated/α-hetero) is 1. The lowest BCUT2D eigenvalue weighted by molar-refractivity contribution is -0.137. The first-order valence-corrected chi connectivity index (χ1v) is 5.14. The maximum absolute atomic E-state index is 11.5. The number of carbonyl (C=O) groups excluding carboxylic acids is 2. The van der Waals surface area contributed by atoms with Gasteiger partial charge in [0.15, 0.2) is 0 Å². The number of rotatable bonds is 3. The van der Waals surface area contributed by atoms with Gasteiger partial charge in [-0.05, 0) is 37.8 Å². The number of nitrogens with one attached hydrogen (secondary N) is 1. The van der Waals surface area contributed by atoms with Crippen LogP contribution in [0.3, 0.4) is 0 Å². The molecule has 1 aromatic rings. The molecule has 0 radical (unpaired) electrons. The molecule has 0 aromatic carbocycles. The number of aromatic amines is 1. The van der Waals surface area contributed by atoms with Crippen molar-refractivity contribution in [3.05, 3.63) is 23.0 Å². The minimum atomic E-state index is -0.780. The van der Waals surface area contributed by atoms with E-state index >= 15 is 0 Å². The molecule has 4 nitrogen and oxygen atoms in total.